The molecule has 0 unspecified atom stereocenters. The Morgan fingerprint density at radius 1 is 1.00 bits per heavy atom. The fourth-order valence-corrected chi connectivity index (χ4v) is 4.10. The summed E-state index contributed by atoms with van der Waals surface area (Å²) >= 11 is 0. The van der Waals surface area contributed by atoms with Crippen molar-refractivity contribution in [1.29, 1.82) is 0 Å². The van der Waals surface area contributed by atoms with Crippen molar-refractivity contribution in [2.24, 2.45) is 11.8 Å². The van der Waals surface area contributed by atoms with Gasteiger partial charge in [-0.15, -0.1) is 0 Å². The quantitative estimate of drug-likeness (QED) is 0.453. The maximum absolute atomic E-state index is 13.0. The molecular formula is C23H28F3NO4S. The molecule has 2 aromatic rings. The van der Waals surface area contributed by atoms with Crippen LogP contribution in [0.25, 0.3) is 0 Å². The molecule has 0 aliphatic carbocycles. The normalized spacial score (nSPS) is 12.3. The van der Waals surface area contributed by atoms with Crippen LogP contribution >= 0.6 is 0 Å². The molecule has 176 valence electrons. The van der Waals surface area contributed by atoms with Gasteiger partial charge in [0.2, 0.25) is 5.91 Å². The SMILES string of the molecule is CC(C)CC(=O)N(Cc1ccccc1OS(=O)(=O)c1cccc(C(F)(F)F)c1)CC(C)C. The first-order valence-corrected chi connectivity index (χ1v) is 11.7. The topological polar surface area (TPSA) is 63.7 Å². The number of benzene rings is 2. The zero-order valence-corrected chi connectivity index (χ0v) is 19.3. The highest BCUT2D eigenvalue weighted by Gasteiger charge is 2.32. The third-order valence-electron chi connectivity index (χ3n) is 4.50. The van der Waals surface area contributed by atoms with E-state index in [1.54, 1.807) is 23.1 Å². The molecule has 0 heterocycles. The number of hydrogen-bond acceptors (Lipinski definition) is 4. The van der Waals surface area contributed by atoms with Gasteiger partial charge in [0, 0.05) is 25.1 Å². The predicted molar refractivity (Wildman–Crippen MR) is 115 cm³/mol. The van der Waals surface area contributed by atoms with Crippen LogP contribution in [0.15, 0.2) is 53.4 Å². The second kappa shape index (κ2) is 10.4. The van der Waals surface area contributed by atoms with Crippen LogP contribution in [0.3, 0.4) is 0 Å². The van der Waals surface area contributed by atoms with E-state index in [2.05, 4.69) is 0 Å². The molecule has 0 saturated carbocycles. The first kappa shape index (κ1) is 25.7. The molecule has 0 radical (unpaired) electrons. The minimum Gasteiger partial charge on any atom is -0.379 e. The second-order valence-corrected chi connectivity index (χ2v) is 9.98. The van der Waals surface area contributed by atoms with Gasteiger partial charge >= 0.3 is 16.3 Å². The molecule has 0 N–H and O–H groups in total. The zero-order chi connectivity index (χ0) is 24.1. The summed E-state index contributed by atoms with van der Waals surface area (Å²) in [4.78, 5) is 13.7. The van der Waals surface area contributed by atoms with Crippen LogP contribution < -0.4 is 4.18 Å². The summed E-state index contributed by atoms with van der Waals surface area (Å²) in [7, 11) is -4.52. The lowest BCUT2D eigenvalue weighted by molar-refractivity contribution is -0.137. The van der Waals surface area contributed by atoms with Gasteiger partial charge in [0.05, 0.1) is 5.56 Å². The molecule has 5 nitrogen and oxygen atoms in total. The summed E-state index contributed by atoms with van der Waals surface area (Å²) in [6, 6.07) is 9.67. The van der Waals surface area contributed by atoms with E-state index in [0.717, 1.165) is 18.2 Å². The number of hydrogen-bond donors (Lipinski definition) is 0. The molecule has 9 heteroatoms. The van der Waals surface area contributed by atoms with Crippen molar-refractivity contribution in [3.05, 3.63) is 59.7 Å². The van der Waals surface area contributed by atoms with E-state index in [4.69, 9.17) is 4.18 Å². The number of carbonyl (C=O) groups is 1. The minimum absolute atomic E-state index is 0.0315. The highest BCUT2D eigenvalue weighted by Crippen LogP contribution is 2.31. The molecule has 0 aromatic heterocycles. The lowest BCUT2D eigenvalue weighted by atomic mass is 10.1. The van der Waals surface area contributed by atoms with Gasteiger partial charge in [-0.05, 0) is 36.1 Å². The number of para-hydroxylation sites is 1. The lowest BCUT2D eigenvalue weighted by Gasteiger charge is -2.26. The Morgan fingerprint density at radius 3 is 2.25 bits per heavy atom. The molecule has 2 aromatic carbocycles. The molecule has 1 amide bonds. The molecule has 32 heavy (non-hydrogen) atoms. The van der Waals surface area contributed by atoms with Gasteiger partial charge in [-0.25, -0.2) is 0 Å². The van der Waals surface area contributed by atoms with Crippen molar-refractivity contribution in [2.75, 3.05) is 6.54 Å². The lowest BCUT2D eigenvalue weighted by Crippen LogP contribution is -2.34. The molecule has 2 rings (SSSR count). The number of amides is 1. The maximum Gasteiger partial charge on any atom is 0.416 e. The predicted octanol–water partition coefficient (Wildman–Crippen LogP) is 5.50. The first-order valence-electron chi connectivity index (χ1n) is 10.3. The van der Waals surface area contributed by atoms with Crippen LogP contribution in [0.4, 0.5) is 13.2 Å². The van der Waals surface area contributed by atoms with Gasteiger partial charge < -0.3 is 9.08 Å². The minimum atomic E-state index is -4.68. The Bertz CT molecular complexity index is 1030. The largest absolute Gasteiger partial charge is 0.416 e. The highest BCUT2D eigenvalue weighted by atomic mass is 32.2. The molecule has 0 fully saturated rings. The number of nitrogens with zero attached hydrogens (tertiary/aromatic N) is 1. The van der Waals surface area contributed by atoms with Crippen molar-refractivity contribution in [2.45, 2.75) is 51.7 Å². The Labute approximate surface area is 187 Å². The fraction of sp³-hybridized carbons (Fsp3) is 0.435. The Balaban J connectivity index is 2.34. The van der Waals surface area contributed by atoms with Crippen molar-refractivity contribution in [1.82, 2.24) is 4.90 Å². The van der Waals surface area contributed by atoms with E-state index in [0.29, 0.717) is 24.6 Å². The van der Waals surface area contributed by atoms with E-state index in [9.17, 15) is 26.4 Å². The van der Waals surface area contributed by atoms with Crippen LogP contribution in [0, 0.1) is 11.8 Å². The van der Waals surface area contributed by atoms with Gasteiger partial charge in [0.15, 0.2) is 0 Å². The van der Waals surface area contributed by atoms with E-state index in [1.807, 2.05) is 27.7 Å². The van der Waals surface area contributed by atoms with Gasteiger partial charge in [0.1, 0.15) is 10.6 Å². The summed E-state index contributed by atoms with van der Waals surface area (Å²) in [5.41, 5.74) is -0.640. The number of alkyl halides is 3. The van der Waals surface area contributed by atoms with Crippen LogP contribution in [0.5, 0.6) is 5.75 Å². The molecular weight excluding hydrogens is 443 g/mol. The van der Waals surface area contributed by atoms with Crippen LogP contribution in [-0.2, 0) is 27.6 Å². The number of rotatable bonds is 9. The van der Waals surface area contributed by atoms with Crippen molar-refractivity contribution < 1.29 is 30.6 Å². The van der Waals surface area contributed by atoms with Crippen molar-refractivity contribution in [3.8, 4) is 5.75 Å². The van der Waals surface area contributed by atoms with Crippen LogP contribution in [0.1, 0.15) is 45.2 Å². The molecule has 0 spiro atoms. The summed E-state index contributed by atoms with van der Waals surface area (Å²) in [5.74, 6) is 0.248. The molecule has 0 aliphatic heterocycles. The standard InChI is InChI=1S/C23H28F3NO4S/c1-16(2)12-22(28)27(14-17(3)4)15-18-8-5-6-11-21(18)31-32(29,30)20-10-7-9-19(13-20)23(24,25)26/h5-11,13,16-17H,12,14-15H2,1-4H3. The summed E-state index contributed by atoms with van der Waals surface area (Å²) in [5, 5.41) is 0. The van der Waals surface area contributed by atoms with E-state index in [-0.39, 0.29) is 30.0 Å². The molecule has 0 atom stereocenters. The third kappa shape index (κ3) is 7.25. The first-order chi connectivity index (χ1) is 14.8. The smallest absolute Gasteiger partial charge is 0.379 e. The third-order valence-corrected chi connectivity index (χ3v) is 5.73. The Morgan fingerprint density at radius 2 is 1.66 bits per heavy atom. The number of halogens is 3. The number of carbonyl (C=O) groups excluding carboxylic acids is 1. The summed E-state index contributed by atoms with van der Waals surface area (Å²) in [6.07, 6.45) is -4.34. The van der Waals surface area contributed by atoms with Crippen LogP contribution in [0.2, 0.25) is 0 Å². The highest BCUT2D eigenvalue weighted by molar-refractivity contribution is 7.87. The molecule has 0 aliphatic rings. The van der Waals surface area contributed by atoms with Gasteiger partial charge in [-0.1, -0.05) is 52.0 Å². The Kier molecular flexibility index (Phi) is 8.34. The fourth-order valence-electron chi connectivity index (χ4n) is 3.09. The van der Waals surface area contributed by atoms with Gasteiger partial charge in [-0.3, -0.25) is 4.79 Å². The van der Waals surface area contributed by atoms with E-state index >= 15 is 0 Å². The molecule has 0 bridgehead atoms. The maximum atomic E-state index is 13.0. The molecule has 0 saturated heterocycles. The average molecular weight is 472 g/mol. The van der Waals surface area contributed by atoms with E-state index in [1.165, 1.54) is 6.07 Å². The van der Waals surface area contributed by atoms with Crippen molar-refractivity contribution in [3.63, 3.8) is 0 Å². The van der Waals surface area contributed by atoms with Gasteiger partial charge in [0.25, 0.3) is 0 Å². The average Bonchev–Trinajstić information content (AvgIpc) is 2.67. The Hall–Kier alpha value is -2.55. The monoisotopic (exact) mass is 471 g/mol. The zero-order valence-electron chi connectivity index (χ0n) is 18.5. The summed E-state index contributed by atoms with van der Waals surface area (Å²) in [6.45, 7) is 8.40. The second-order valence-electron chi connectivity index (χ2n) is 8.44. The summed E-state index contributed by atoms with van der Waals surface area (Å²) < 4.78 is 69.6. The van der Waals surface area contributed by atoms with Crippen LogP contribution in [-0.4, -0.2) is 25.8 Å². The van der Waals surface area contributed by atoms with Gasteiger partial charge in [-0.2, -0.15) is 21.6 Å². The van der Waals surface area contributed by atoms with Crippen molar-refractivity contribution >= 4 is 16.0 Å². The van der Waals surface area contributed by atoms with E-state index < -0.39 is 26.8 Å².